The van der Waals surface area contributed by atoms with Gasteiger partial charge in [-0.1, -0.05) is 33.8 Å². The Morgan fingerprint density at radius 3 is 2.30 bits per heavy atom. The topological polar surface area (TPSA) is 38.7 Å². The summed E-state index contributed by atoms with van der Waals surface area (Å²) in [6.45, 7) is 13.1. The number of hydrazine groups is 2. The van der Waals surface area contributed by atoms with Gasteiger partial charge in [-0.25, -0.2) is 0 Å². The van der Waals surface area contributed by atoms with Crippen LogP contribution in [-0.4, -0.2) is 16.0 Å². The molecule has 4 nitrogen and oxygen atoms in total. The van der Waals surface area contributed by atoms with E-state index in [0.717, 1.165) is 29.5 Å². The smallest absolute Gasteiger partial charge is 0.0818 e. The summed E-state index contributed by atoms with van der Waals surface area (Å²) in [5.74, 6) is 0. The number of anilines is 2. The van der Waals surface area contributed by atoms with Crippen molar-refractivity contribution < 1.29 is 5.21 Å². The van der Waals surface area contributed by atoms with E-state index in [2.05, 4.69) is 65.2 Å². The zero-order valence-electron chi connectivity index (χ0n) is 13.5. The summed E-state index contributed by atoms with van der Waals surface area (Å²) in [6, 6.07) is 6.39. The van der Waals surface area contributed by atoms with Crippen molar-refractivity contribution in [2.24, 2.45) is 0 Å². The maximum atomic E-state index is 10.2. The normalized spacial score (nSPS) is 16.2. The van der Waals surface area contributed by atoms with Crippen molar-refractivity contribution in [1.82, 2.24) is 5.28 Å². The Kier molecular flexibility index (Phi) is 3.73. The standard InChI is InChI=1S/C16H27N3O/c1-7-15(3,4)12-9-10-13-14(11-12)18(19(20)17-13)16(5,6)8-2/h9-11,17,20H,7-8H2,1-6H3. The fraction of sp³-hybridized carbons (Fsp3) is 0.625. The van der Waals surface area contributed by atoms with Gasteiger partial charge in [0.1, 0.15) is 0 Å². The fourth-order valence-corrected chi connectivity index (χ4v) is 2.42. The Morgan fingerprint density at radius 1 is 1.10 bits per heavy atom. The monoisotopic (exact) mass is 277 g/mol. The quantitative estimate of drug-likeness (QED) is 0.860. The second-order valence-electron chi connectivity index (χ2n) is 6.85. The molecule has 0 saturated carbocycles. The molecule has 1 heterocycles. The Bertz CT molecular complexity index is 496. The first-order valence-electron chi connectivity index (χ1n) is 7.43. The molecule has 0 bridgehead atoms. The predicted octanol–water partition coefficient (Wildman–Crippen LogP) is 4.32. The number of fused-ring (bicyclic) bond motifs is 1. The molecule has 2 N–H and O–H groups in total. The summed E-state index contributed by atoms with van der Waals surface area (Å²) in [6.07, 6.45) is 2.02. The third-order valence-corrected chi connectivity index (χ3v) is 4.74. The molecule has 0 fully saturated rings. The van der Waals surface area contributed by atoms with Gasteiger partial charge in [-0.3, -0.25) is 15.6 Å². The first kappa shape index (κ1) is 15.1. The van der Waals surface area contributed by atoms with Gasteiger partial charge >= 0.3 is 0 Å². The van der Waals surface area contributed by atoms with Crippen LogP contribution in [0.3, 0.4) is 0 Å². The van der Waals surface area contributed by atoms with Crippen LogP contribution in [0.15, 0.2) is 18.2 Å². The summed E-state index contributed by atoms with van der Waals surface area (Å²) >= 11 is 0. The van der Waals surface area contributed by atoms with Gasteiger partial charge in [0, 0.05) is 0 Å². The Hall–Kier alpha value is -1.26. The number of nitrogens with zero attached hydrogens (tertiary/aromatic N) is 2. The van der Waals surface area contributed by atoms with E-state index in [1.807, 2.05) is 5.01 Å². The molecule has 0 saturated heterocycles. The zero-order valence-corrected chi connectivity index (χ0v) is 13.5. The minimum Gasteiger partial charge on any atom is -0.276 e. The van der Waals surface area contributed by atoms with Crippen LogP contribution in [-0.2, 0) is 5.41 Å². The van der Waals surface area contributed by atoms with Gasteiger partial charge < -0.3 is 0 Å². The second kappa shape index (κ2) is 4.93. The number of hydrogen-bond acceptors (Lipinski definition) is 4. The first-order valence-corrected chi connectivity index (χ1v) is 7.43. The molecule has 1 aliphatic heterocycles. The van der Waals surface area contributed by atoms with E-state index in [4.69, 9.17) is 0 Å². The summed E-state index contributed by atoms with van der Waals surface area (Å²) in [5, 5.41) is 13.2. The number of benzene rings is 1. The maximum Gasteiger partial charge on any atom is 0.0818 e. The molecule has 1 aliphatic rings. The van der Waals surface area contributed by atoms with Crippen LogP contribution in [0.1, 0.15) is 59.9 Å². The molecule has 1 aromatic carbocycles. The minimum atomic E-state index is -0.151. The number of rotatable bonds is 4. The molecular weight excluding hydrogens is 250 g/mol. The number of nitrogens with one attached hydrogen (secondary N) is 1. The molecule has 0 radical (unpaired) electrons. The van der Waals surface area contributed by atoms with Crippen LogP contribution < -0.4 is 10.4 Å². The molecule has 2 rings (SSSR count). The van der Waals surface area contributed by atoms with Crippen LogP contribution >= 0.6 is 0 Å². The van der Waals surface area contributed by atoms with Gasteiger partial charge in [-0.05, 0) is 55.1 Å². The van der Waals surface area contributed by atoms with E-state index in [1.165, 1.54) is 5.56 Å². The minimum absolute atomic E-state index is 0.139. The predicted molar refractivity (Wildman–Crippen MR) is 83.9 cm³/mol. The van der Waals surface area contributed by atoms with Crippen molar-refractivity contribution in [1.29, 1.82) is 0 Å². The van der Waals surface area contributed by atoms with Gasteiger partial charge in [0.2, 0.25) is 0 Å². The Balaban J connectivity index is 2.48. The van der Waals surface area contributed by atoms with Crippen molar-refractivity contribution in [3.8, 4) is 0 Å². The molecule has 1 aromatic rings. The number of hydrogen-bond donors (Lipinski definition) is 2. The van der Waals surface area contributed by atoms with E-state index in [9.17, 15) is 5.21 Å². The van der Waals surface area contributed by atoms with E-state index >= 15 is 0 Å². The lowest BCUT2D eigenvalue weighted by Gasteiger charge is -2.38. The molecule has 0 aromatic heterocycles. The van der Waals surface area contributed by atoms with Gasteiger partial charge in [0.05, 0.1) is 16.9 Å². The lowest BCUT2D eigenvalue weighted by atomic mass is 9.82. The SMILES string of the molecule is CCC(C)(C)c1ccc2c(c1)N(C(C)(C)CC)N(O)N2. The average Bonchev–Trinajstić information content (AvgIpc) is 2.74. The third kappa shape index (κ3) is 2.38. The first-order chi connectivity index (χ1) is 9.23. The van der Waals surface area contributed by atoms with Crippen molar-refractivity contribution in [3.63, 3.8) is 0 Å². The summed E-state index contributed by atoms with van der Waals surface area (Å²) in [4.78, 5) is 0. The molecule has 0 spiro atoms. The molecule has 20 heavy (non-hydrogen) atoms. The second-order valence-corrected chi connectivity index (χ2v) is 6.85. The van der Waals surface area contributed by atoms with Gasteiger partial charge in [-0.15, -0.1) is 0 Å². The summed E-state index contributed by atoms with van der Waals surface area (Å²) in [7, 11) is 0. The highest BCUT2D eigenvalue weighted by Gasteiger charge is 2.37. The van der Waals surface area contributed by atoms with E-state index in [0.29, 0.717) is 0 Å². The zero-order chi connectivity index (χ0) is 15.1. The van der Waals surface area contributed by atoms with Crippen LogP contribution in [0.5, 0.6) is 0 Å². The van der Waals surface area contributed by atoms with Gasteiger partial charge in [0.15, 0.2) is 0 Å². The summed E-state index contributed by atoms with van der Waals surface area (Å²) < 4.78 is 0. The van der Waals surface area contributed by atoms with Crippen molar-refractivity contribution in [2.45, 2.75) is 65.3 Å². The third-order valence-electron chi connectivity index (χ3n) is 4.74. The molecule has 112 valence electrons. The van der Waals surface area contributed by atoms with Crippen molar-refractivity contribution >= 4 is 11.4 Å². The van der Waals surface area contributed by atoms with E-state index in [-0.39, 0.29) is 11.0 Å². The van der Waals surface area contributed by atoms with Crippen LogP contribution in [0.25, 0.3) is 0 Å². The van der Waals surface area contributed by atoms with Gasteiger partial charge in [0.25, 0.3) is 0 Å². The molecule has 0 atom stereocenters. The van der Waals surface area contributed by atoms with E-state index < -0.39 is 0 Å². The molecule has 0 aliphatic carbocycles. The molecular formula is C16H27N3O. The Labute approximate surface area is 122 Å². The summed E-state index contributed by atoms with van der Waals surface area (Å²) in [5.41, 5.74) is 6.28. The highest BCUT2D eigenvalue weighted by Crippen LogP contribution is 2.41. The molecule has 0 amide bonds. The van der Waals surface area contributed by atoms with Crippen molar-refractivity contribution in [2.75, 3.05) is 10.4 Å². The fourth-order valence-electron chi connectivity index (χ4n) is 2.42. The highest BCUT2D eigenvalue weighted by atomic mass is 16.6. The van der Waals surface area contributed by atoms with Crippen molar-refractivity contribution in [3.05, 3.63) is 23.8 Å². The van der Waals surface area contributed by atoms with Gasteiger partial charge in [-0.2, -0.15) is 0 Å². The molecule has 0 unspecified atom stereocenters. The lowest BCUT2D eigenvalue weighted by molar-refractivity contribution is -0.0876. The average molecular weight is 277 g/mol. The Morgan fingerprint density at radius 2 is 1.75 bits per heavy atom. The maximum absolute atomic E-state index is 10.2. The highest BCUT2D eigenvalue weighted by molar-refractivity contribution is 5.74. The van der Waals surface area contributed by atoms with Crippen LogP contribution in [0, 0.1) is 0 Å². The lowest BCUT2D eigenvalue weighted by Crippen LogP contribution is -2.51. The largest absolute Gasteiger partial charge is 0.276 e. The van der Waals surface area contributed by atoms with Crippen LogP contribution in [0.4, 0.5) is 11.4 Å². The molecule has 4 heteroatoms. The van der Waals surface area contributed by atoms with E-state index in [1.54, 1.807) is 0 Å². The van der Waals surface area contributed by atoms with Crippen LogP contribution in [0.2, 0.25) is 0 Å².